The van der Waals surface area contributed by atoms with Crippen LogP contribution in [0.3, 0.4) is 0 Å². The van der Waals surface area contributed by atoms with Gasteiger partial charge in [0.25, 0.3) is 0 Å². The second kappa shape index (κ2) is 39.2. The Balaban J connectivity index is -0.000000179. The van der Waals surface area contributed by atoms with E-state index in [9.17, 15) is 70.2 Å². The summed E-state index contributed by atoms with van der Waals surface area (Å²) in [6.07, 6.45) is 5.11. The van der Waals surface area contributed by atoms with E-state index in [-0.39, 0.29) is 62.2 Å². The van der Waals surface area contributed by atoms with Crippen molar-refractivity contribution < 1.29 is 171 Å². The topological polar surface area (TPSA) is 351 Å². The van der Waals surface area contributed by atoms with Gasteiger partial charge >= 0.3 is 61.0 Å². The Hall–Kier alpha value is -4.23. The number of nitrogens with two attached hydrogens (primary N) is 4. The molecule has 2 fully saturated rings. The van der Waals surface area contributed by atoms with E-state index in [1.54, 1.807) is 0 Å². The van der Waals surface area contributed by atoms with Crippen LogP contribution in [-0.2, 0) is 88.9 Å². The van der Waals surface area contributed by atoms with E-state index in [0.717, 1.165) is 26.4 Å². The van der Waals surface area contributed by atoms with Gasteiger partial charge in [0, 0.05) is 49.2 Å². The van der Waals surface area contributed by atoms with Gasteiger partial charge in [-0.1, -0.05) is 0 Å². The fourth-order valence-corrected chi connectivity index (χ4v) is 2.87. The minimum absolute atomic E-state index is 0. The molecule has 0 bridgehead atoms. The molecular weight excluding hydrogens is 1280 g/mol. The molecule has 0 aromatic heterocycles. The van der Waals surface area contributed by atoms with Gasteiger partial charge in [0.1, 0.15) is 23.3 Å². The Bertz CT molecular complexity index is 2130. The minimum atomic E-state index is -6.09. The molecule has 0 amide bonds. The molecule has 40 heteroatoms. The zero-order valence-corrected chi connectivity index (χ0v) is 47.2. The fourth-order valence-electron chi connectivity index (χ4n) is 2.87. The van der Waals surface area contributed by atoms with Crippen LogP contribution in [0.5, 0.6) is 0 Å². The van der Waals surface area contributed by atoms with Crippen LogP contribution in [0.25, 0.3) is 0 Å². The Morgan fingerprint density at radius 1 is 0.316 bits per heavy atom. The normalized spacial score (nSPS) is 12.9. The summed E-state index contributed by atoms with van der Waals surface area (Å²) in [5.41, 5.74) is 0.814. The zero-order valence-electron chi connectivity index (χ0n) is 38.0. The van der Waals surface area contributed by atoms with Gasteiger partial charge in [-0.05, 0) is 123 Å². The molecule has 8 N–H and O–H groups in total. The van der Waals surface area contributed by atoms with Gasteiger partial charge in [0.2, 0.25) is 0 Å². The monoisotopic (exact) mass is 1310 g/mol. The maximum Gasteiger partial charge on any atom is 2.00 e. The van der Waals surface area contributed by atoms with E-state index in [2.05, 4.69) is 0 Å². The number of hydrogen-bond donors (Lipinski definition) is 4. The third kappa shape index (κ3) is 49.3. The van der Waals surface area contributed by atoms with Crippen LogP contribution in [0, 0.1) is 23.3 Å². The number of benzene rings is 4. The van der Waals surface area contributed by atoms with E-state index >= 15 is 0 Å². The Kier molecular flexibility index (Phi) is 42.8. The van der Waals surface area contributed by atoms with Crippen molar-refractivity contribution in [2.75, 3.05) is 49.4 Å². The molecule has 2 aliphatic rings. The number of halogens is 16. The zero-order chi connectivity index (χ0) is 59.0. The molecule has 2 heterocycles. The van der Waals surface area contributed by atoms with E-state index in [1.807, 2.05) is 0 Å². The first-order valence-corrected chi connectivity index (χ1v) is 24.1. The van der Waals surface area contributed by atoms with E-state index in [4.69, 9.17) is 84.3 Å². The van der Waals surface area contributed by atoms with Gasteiger partial charge in [-0.2, -0.15) is 52.7 Å². The van der Waals surface area contributed by atoms with Gasteiger partial charge in [-0.3, -0.25) is 0 Å². The molecule has 0 saturated carbocycles. The average Bonchev–Trinajstić information content (AvgIpc) is 4.03. The molecule has 18 nitrogen and oxygen atoms in total. The maximum atomic E-state index is 12.0. The molecule has 428 valence electrons. The van der Waals surface area contributed by atoms with Crippen molar-refractivity contribution in [1.29, 1.82) is 0 Å². The van der Waals surface area contributed by atoms with Crippen molar-refractivity contribution in [3.8, 4) is 0 Å². The Morgan fingerprint density at radius 2 is 0.421 bits per heavy atom. The molecule has 0 atom stereocenters. The summed E-state index contributed by atoms with van der Waals surface area (Å²) in [7, 11) is -24.4. The number of anilines is 4. The van der Waals surface area contributed by atoms with Crippen molar-refractivity contribution in [3.63, 3.8) is 0 Å². The number of rotatable bonds is 0. The van der Waals surface area contributed by atoms with Gasteiger partial charge < -0.3 is 50.6 Å². The SMILES string of the molecule is C1CCOC1.C1CCOC1.Nc1ccc(F)cc1.Nc1ccc(F)cc1.Nc1ccc(F)cc1.Nc1ccc(F)cc1.O=S(=O)([O-])C(F)(F)F.O=S(=O)([O-])C(F)(F)F.O=S(=O)([O-])C(F)(F)F.O=S(=O)([O-])C(F)(F)F.[Zn+2].[Zn+2]. The van der Waals surface area contributed by atoms with E-state index in [1.165, 1.54) is 123 Å². The van der Waals surface area contributed by atoms with Crippen LogP contribution in [0.2, 0.25) is 0 Å². The molecule has 2 saturated heterocycles. The number of alkyl halides is 12. The average molecular weight is 1320 g/mol. The third-order valence-electron chi connectivity index (χ3n) is 6.27. The van der Waals surface area contributed by atoms with Crippen LogP contribution in [0.1, 0.15) is 25.7 Å². The van der Waals surface area contributed by atoms with E-state index < -0.39 is 62.5 Å². The summed E-state index contributed by atoms with van der Waals surface area (Å²) in [4.78, 5) is 0. The van der Waals surface area contributed by atoms with Gasteiger partial charge in [0.15, 0.2) is 40.5 Å². The van der Waals surface area contributed by atoms with Crippen LogP contribution in [-0.4, -0.2) is 100 Å². The first kappa shape index (κ1) is 83.1. The second-order valence-corrected chi connectivity index (χ2v) is 17.9. The van der Waals surface area contributed by atoms with Gasteiger partial charge in [-0.15, -0.1) is 0 Å². The summed E-state index contributed by atoms with van der Waals surface area (Å²) in [6, 6.07) is 22.8. The molecule has 0 aliphatic carbocycles. The molecule has 0 unspecified atom stereocenters. The molecule has 76 heavy (non-hydrogen) atoms. The standard InChI is InChI=1S/4C6H6FN.2C4H8O.4CHF3O3S.2Zn/c4*7-5-1-3-6(8)4-2-5;2*1-2-4-5-3-1;4*2-1(3,4)8(5,6)7;;/h4*1-4H,8H2;2*1-4H2;4*(H,5,6,7);;/q;;;;;;;;;;2*+2/p-4. The molecule has 0 spiro atoms. The molecule has 0 radical (unpaired) electrons. The molecule has 4 aromatic rings. The Labute approximate surface area is 449 Å². The fraction of sp³-hybridized carbons (Fsp3) is 0.333. The van der Waals surface area contributed by atoms with Crippen molar-refractivity contribution in [3.05, 3.63) is 120 Å². The smallest absolute Gasteiger partial charge is 0.741 e. The molecule has 6 rings (SSSR count). The quantitative estimate of drug-likeness (QED) is 0.0437. The van der Waals surface area contributed by atoms with Crippen molar-refractivity contribution in [1.82, 2.24) is 0 Å². The van der Waals surface area contributed by atoms with Gasteiger partial charge in [-0.25, -0.2) is 51.2 Å². The predicted octanol–water partition coefficient (Wildman–Crippen LogP) is 7.43. The third-order valence-corrected chi connectivity index (χ3v) is 8.54. The molecule has 2 aliphatic heterocycles. The number of nitrogen functional groups attached to an aromatic ring is 4. The van der Waals surface area contributed by atoms with Gasteiger partial charge in [0.05, 0.1) is 0 Å². The largest absolute Gasteiger partial charge is 2.00 e. The molecular formula is C36H40F16N4O14S4Zn2. The van der Waals surface area contributed by atoms with Crippen LogP contribution < -0.4 is 22.9 Å². The second-order valence-electron chi connectivity index (χ2n) is 12.4. The Morgan fingerprint density at radius 3 is 0.474 bits per heavy atom. The van der Waals surface area contributed by atoms with Crippen LogP contribution >= 0.6 is 0 Å². The predicted molar refractivity (Wildman–Crippen MR) is 226 cm³/mol. The summed E-state index contributed by atoms with van der Waals surface area (Å²) < 4.78 is 294. The summed E-state index contributed by atoms with van der Waals surface area (Å²) in [5.74, 6) is -1.00. The van der Waals surface area contributed by atoms with Crippen molar-refractivity contribution in [2.24, 2.45) is 0 Å². The number of hydrogen-bond acceptors (Lipinski definition) is 18. The molecule has 4 aromatic carbocycles. The van der Waals surface area contributed by atoms with Crippen LogP contribution in [0.4, 0.5) is 93.0 Å². The maximum absolute atomic E-state index is 12.0. The summed E-state index contributed by atoms with van der Waals surface area (Å²) >= 11 is 0. The summed E-state index contributed by atoms with van der Waals surface area (Å²) in [6.45, 7) is 4.00. The summed E-state index contributed by atoms with van der Waals surface area (Å²) in [5, 5.41) is 0. The first-order valence-electron chi connectivity index (χ1n) is 18.4. The van der Waals surface area contributed by atoms with Crippen molar-refractivity contribution >= 4 is 63.2 Å². The number of ether oxygens (including phenoxy) is 2. The van der Waals surface area contributed by atoms with Crippen molar-refractivity contribution in [2.45, 2.75) is 47.7 Å². The first-order chi connectivity index (χ1) is 33.2. The van der Waals surface area contributed by atoms with E-state index in [0.29, 0.717) is 22.7 Å². The van der Waals surface area contributed by atoms with Crippen LogP contribution in [0.15, 0.2) is 97.1 Å². The minimum Gasteiger partial charge on any atom is -0.741 e.